The highest BCUT2D eigenvalue weighted by Gasteiger charge is 2.23. The standard InChI is InChI=1S/C19H24N2O/c1-4-14(2)18(20)19(22)21(3)17-12-8-11-16(13-17)15-9-6-5-7-10-15/h5-14,18H,4,20H2,1-3H3/t14-,18?/m0/s1. The molecule has 2 rings (SSSR count). The smallest absolute Gasteiger partial charge is 0.243 e. The van der Waals surface area contributed by atoms with E-state index in [1.54, 1.807) is 11.9 Å². The lowest BCUT2D eigenvalue weighted by molar-refractivity contribution is -0.120. The molecule has 0 aromatic heterocycles. The first-order valence-electron chi connectivity index (χ1n) is 7.73. The molecule has 0 aliphatic heterocycles. The summed E-state index contributed by atoms with van der Waals surface area (Å²) in [6.45, 7) is 4.06. The number of rotatable bonds is 5. The number of anilines is 1. The van der Waals surface area contributed by atoms with E-state index in [2.05, 4.69) is 12.1 Å². The molecule has 3 heteroatoms. The highest BCUT2D eigenvalue weighted by atomic mass is 16.2. The first kappa shape index (κ1) is 16.2. The second-order valence-corrected chi connectivity index (χ2v) is 5.72. The molecule has 0 aliphatic carbocycles. The second-order valence-electron chi connectivity index (χ2n) is 5.72. The average Bonchev–Trinajstić information content (AvgIpc) is 2.60. The highest BCUT2D eigenvalue weighted by molar-refractivity contribution is 5.97. The molecule has 3 nitrogen and oxygen atoms in total. The normalized spacial score (nSPS) is 13.5. The van der Waals surface area contributed by atoms with Crippen LogP contribution in [-0.2, 0) is 4.79 Å². The largest absolute Gasteiger partial charge is 0.320 e. The molecule has 22 heavy (non-hydrogen) atoms. The Hall–Kier alpha value is -2.13. The van der Waals surface area contributed by atoms with Crippen LogP contribution in [0.25, 0.3) is 11.1 Å². The van der Waals surface area contributed by atoms with Gasteiger partial charge in [-0.05, 0) is 29.2 Å². The van der Waals surface area contributed by atoms with Gasteiger partial charge in [0.15, 0.2) is 0 Å². The lowest BCUT2D eigenvalue weighted by atomic mass is 9.98. The minimum Gasteiger partial charge on any atom is -0.320 e. The van der Waals surface area contributed by atoms with Gasteiger partial charge >= 0.3 is 0 Å². The maximum atomic E-state index is 12.5. The summed E-state index contributed by atoms with van der Waals surface area (Å²) in [6.07, 6.45) is 0.894. The van der Waals surface area contributed by atoms with Crippen LogP contribution in [0.1, 0.15) is 20.3 Å². The van der Waals surface area contributed by atoms with E-state index in [-0.39, 0.29) is 11.8 Å². The van der Waals surface area contributed by atoms with Gasteiger partial charge in [0.2, 0.25) is 5.91 Å². The summed E-state index contributed by atoms with van der Waals surface area (Å²) in [5.74, 6) is 0.131. The molecule has 1 amide bonds. The van der Waals surface area contributed by atoms with Crippen LogP contribution in [0.15, 0.2) is 54.6 Å². The highest BCUT2D eigenvalue weighted by Crippen LogP contribution is 2.24. The fourth-order valence-corrected chi connectivity index (χ4v) is 2.37. The summed E-state index contributed by atoms with van der Waals surface area (Å²) in [6, 6.07) is 17.7. The molecule has 0 heterocycles. The second kappa shape index (κ2) is 7.23. The van der Waals surface area contributed by atoms with E-state index in [1.807, 2.05) is 56.3 Å². The van der Waals surface area contributed by atoms with Gasteiger partial charge in [0.1, 0.15) is 0 Å². The van der Waals surface area contributed by atoms with Gasteiger partial charge < -0.3 is 10.6 Å². The molecule has 116 valence electrons. The first-order valence-corrected chi connectivity index (χ1v) is 7.73. The monoisotopic (exact) mass is 296 g/mol. The van der Waals surface area contributed by atoms with E-state index in [1.165, 1.54) is 0 Å². The van der Waals surface area contributed by atoms with Crippen molar-refractivity contribution in [3.63, 3.8) is 0 Å². The van der Waals surface area contributed by atoms with E-state index in [9.17, 15) is 4.79 Å². The Kier molecular flexibility index (Phi) is 5.34. The summed E-state index contributed by atoms with van der Waals surface area (Å²) < 4.78 is 0. The molecule has 0 radical (unpaired) electrons. The maximum absolute atomic E-state index is 12.5. The van der Waals surface area contributed by atoms with Crippen molar-refractivity contribution in [1.82, 2.24) is 0 Å². The predicted molar refractivity (Wildman–Crippen MR) is 92.7 cm³/mol. The van der Waals surface area contributed by atoms with Gasteiger partial charge in [-0.25, -0.2) is 0 Å². The molecule has 0 saturated carbocycles. The summed E-state index contributed by atoms with van der Waals surface area (Å²) >= 11 is 0. The molecule has 0 saturated heterocycles. The van der Waals surface area contributed by atoms with Crippen molar-refractivity contribution in [3.05, 3.63) is 54.6 Å². The quantitative estimate of drug-likeness (QED) is 0.914. The Morgan fingerprint density at radius 1 is 1.09 bits per heavy atom. The summed E-state index contributed by atoms with van der Waals surface area (Å²) in [5, 5.41) is 0. The maximum Gasteiger partial charge on any atom is 0.243 e. The lowest BCUT2D eigenvalue weighted by Gasteiger charge is -2.25. The third kappa shape index (κ3) is 3.55. The van der Waals surface area contributed by atoms with Crippen molar-refractivity contribution in [2.24, 2.45) is 11.7 Å². The predicted octanol–water partition coefficient (Wildman–Crippen LogP) is 3.69. The number of benzene rings is 2. The molecule has 2 atom stereocenters. The van der Waals surface area contributed by atoms with Crippen molar-refractivity contribution in [2.75, 3.05) is 11.9 Å². The van der Waals surface area contributed by atoms with Gasteiger partial charge in [-0.3, -0.25) is 4.79 Å². The van der Waals surface area contributed by atoms with Crippen LogP contribution in [0.3, 0.4) is 0 Å². The summed E-state index contributed by atoms with van der Waals surface area (Å²) in [5.41, 5.74) is 9.16. The fraction of sp³-hybridized carbons (Fsp3) is 0.316. The number of likely N-dealkylation sites (N-methyl/N-ethyl adjacent to an activating group) is 1. The zero-order valence-electron chi connectivity index (χ0n) is 13.5. The SMILES string of the molecule is CC[C@H](C)C(N)C(=O)N(C)c1cccc(-c2ccccc2)c1. The van der Waals surface area contributed by atoms with Gasteiger partial charge in [-0.2, -0.15) is 0 Å². The van der Waals surface area contributed by atoms with Crippen molar-refractivity contribution < 1.29 is 4.79 Å². The Bertz CT molecular complexity index is 624. The summed E-state index contributed by atoms with van der Waals surface area (Å²) in [4.78, 5) is 14.1. The minimum absolute atomic E-state index is 0.0421. The van der Waals surface area contributed by atoms with Crippen LogP contribution in [-0.4, -0.2) is 19.0 Å². The molecule has 1 unspecified atom stereocenters. The van der Waals surface area contributed by atoms with Crippen molar-refractivity contribution in [3.8, 4) is 11.1 Å². The van der Waals surface area contributed by atoms with E-state index >= 15 is 0 Å². The Morgan fingerprint density at radius 2 is 1.73 bits per heavy atom. The first-order chi connectivity index (χ1) is 10.5. The molecule has 0 fully saturated rings. The molecule has 0 spiro atoms. The molecule has 2 aromatic carbocycles. The number of nitrogens with zero attached hydrogens (tertiary/aromatic N) is 1. The molecule has 2 aromatic rings. The average molecular weight is 296 g/mol. The van der Waals surface area contributed by atoms with Gasteiger partial charge in [0.05, 0.1) is 6.04 Å². The number of hydrogen-bond acceptors (Lipinski definition) is 2. The molecular formula is C19H24N2O. The van der Waals surface area contributed by atoms with Crippen molar-refractivity contribution in [2.45, 2.75) is 26.3 Å². The molecule has 2 N–H and O–H groups in total. The summed E-state index contributed by atoms with van der Waals surface area (Å²) in [7, 11) is 1.79. The number of carbonyl (C=O) groups excluding carboxylic acids is 1. The number of hydrogen-bond donors (Lipinski definition) is 1. The molecular weight excluding hydrogens is 272 g/mol. The van der Waals surface area contributed by atoms with E-state index < -0.39 is 6.04 Å². The molecule has 0 aliphatic rings. The van der Waals surface area contributed by atoms with Crippen LogP contribution in [0.5, 0.6) is 0 Å². The van der Waals surface area contributed by atoms with E-state index in [0.29, 0.717) is 0 Å². The van der Waals surface area contributed by atoms with Crippen LogP contribution < -0.4 is 10.6 Å². The van der Waals surface area contributed by atoms with E-state index in [0.717, 1.165) is 23.2 Å². The Morgan fingerprint density at radius 3 is 2.36 bits per heavy atom. The van der Waals surface area contributed by atoms with Crippen LogP contribution >= 0.6 is 0 Å². The zero-order valence-corrected chi connectivity index (χ0v) is 13.5. The Labute approximate surface area is 132 Å². The van der Waals surface area contributed by atoms with Crippen molar-refractivity contribution in [1.29, 1.82) is 0 Å². The number of carbonyl (C=O) groups is 1. The number of amides is 1. The Balaban J connectivity index is 2.24. The van der Waals surface area contributed by atoms with Gasteiger partial charge in [-0.1, -0.05) is 62.7 Å². The fourth-order valence-electron chi connectivity index (χ4n) is 2.37. The third-order valence-electron chi connectivity index (χ3n) is 4.21. The third-order valence-corrected chi connectivity index (χ3v) is 4.21. The minimum atomic E-state index is -0.463. The number of nitrogens with two attached hydrogens (primary N) is 1. The van der Waals surface area contributed by atoms with Crippen LogP contribution in [0.2, 0.25) is 0 Å². The van der Waals surface area contributed by atoms with Crippen LogP contribution in [0.4, 0.5) is 5.69 Å². The van der Waals surface area contributed by atoms with E-state index in [4.69, 9.17) is 5.73 Å². The zero-order chi connectivity index (χ0) is 16.1. The van der Waals surface area contributed by atoms with Gasteiger partial charge in [0.25, 0.3) is 0 Å². The lowest BCUT2D eigenvalue weighted by Crippen LogP contribution is -2.45. The van der Waals surface area contributed by atoms with Crippen molar-refractivity contribution >= 4 is 11.6 Å². The van der Waals surface area contributed by atoms with Gasteiger partial charge in [0, 0.05) is 12.7 Å². The molecule has 0 bridgehead atoms. The topological polar surface area (TPSA) is 46.3 Å². The van der Waals surface area contributed by atoms with Gasteiger partial charge in [-0.15, -0.1) is 0 Å². The van der Waals surface area contributed by atoms with Crippen LogP contribution in [0, 0.1) is 5.92 Å².